The molecule has 0 aliphatic heterocycles. The number of nitrogens with zero attached hydrogens (tertiary/aromatic N) is 2. The Hall–Kier alpha value is -1.53. The van der Waals surface area contributed by atoms with Gasteiger partial charge in [0.25, 0.3) is 5.91 Å². The van der Waals surface area contributed by atoms with Gasteiger partial charge in [0.15, 0.2) is 4.80 Å². The number of methoxy groups -OCH3 is 1. The topological polar surface area (TPSA) is 43.6 Å². The van der Waals surface area contributed by atoms with E-state index in [-0.39, 0.29) is 17.1 Å². The lowest BCUT2D eigenvalue weighted by Crippen LogP contribution is -2.50. The molecule has 0 spiro atoms. The van der Waals surface area contributed by atoms with Crippen molar-refractivity contribution in [3.8, 4) is 0 Å². The van der Waals surface area contributed by atoms with Crippen molar-refractivity contribution in [2.24, 2.45) is 28.2 Å². The SMILES string of the molecule is COCCn1c(=NC(=O)C23CC4CC(CC(C4)C2)C3)sc2cccc(F)c21. The van der Waals surface area contributed by atoms with E-state index in [0.29, 0.717) is 41.2 Å². The van der Waals surface area contributed by atoms with E-state index in [1.807, 2.05) is 10.6 Å². The first kappa shape index (κ1) is 17.6. The molecule has 1 aromatic carbocycles. The minimum Gasteiger partial charge on any atom is -0.383 e. The van der Waals surface area contributed by atoms with E-state index in [0.717, 1.165) is 24.0 Å². The minimum absolute atomic E-state index is 0.0275. The number of thiazole rings is 1. The van der Waals surface area contributed by atoms with Gasteiger partial charge in [-0.25, -0.2) is 4.39 Å². The zero-order valence-electron chi connectivity index (χ0n) is 15.6. The van der Waals surface area contributed by atoms with E-state index >= 15 is 0 Å². The molecule has 4 aliphatic rings. The maximum Gasteiger partial charge on any atom is 0.254 e. The molecule has 2 aromatic rings. The predicted octanol–water partition coefficient (Wildman–Crippen LogP) is 4.13. The number of hydrogen-bond donors (Lipinski definition) is 0. The fraction of sp³-hybridized carbons (Fsp3) is 0.619. The van der Waals surface area contributed by atoms with Crippen molar-refractivity contribution >= 4 is 27.5 Å². The number of rotatable bonds is 4. The highest BCUT2D eigenvalue weighted by molar-refractivity contribution is 7.16. The lowest BCUT2D eigenvalue weighted by atomic mass is 9.49. The van der Waals surface area contributed by atoms with Crippen molar-refractivity contribution in [1.29, 1.82) is 0 Å². The zero-order chi connectivity index (χ0) is 18.6. The van der Waals surface area contributed by atoms with Crippen LogP contribution in [0.3, 0.4) is 0 Å². The molecule has 4 nitrogen and oxygen atoms in total. The summed E-state index contributed by atoms with van der Waals surface area (Å²) in [6.45, 7) is 0.948. The summed E-state index contributed by atoms with van der Waals surface area (Å²) in [5, 5.41) is 0. The minimum atomic E-state index is -0.274. The average molecular weight is 389 g/mol. The van der Waals surface area contributed by atoms with Gasteiger partial charge < -0.3 is 9.30 Å². The molecule has 4 aliphatic carbocycles. The third kappa shape index (κ3) is 2.88. The molecule has 144 valence electrons. The van der Waals surface area contributed by atoms with Crippen molar-refractivity contribution in [1.82, 2.24) is 4.57 Å². The monoisotopic (exact) mass is 388 g/mol. The smallest absolute Gasteiger partial charge is 0.254 e. The van der Waals surface area contributed by atoms with Gasteiger partial charge in [-0.15, -0.1) is 0 Å². The quantitative estimate of drug-likeness (QED) is 0.790. The molecule has 4 fully saturated rings. The lowest BCUT2D eigenvalue weighted by Gasteiger charge is -2.55. The number of aromatic nitrogens is 1. The van der Waals surface area contributed by atoms with E-state index in [9.17, 15) is 9.18 Å². The van der Waals surface area contributed by atoms with Gasteiger partial charge in [-0.2, -0.15) is 4.99 Å². The van der Waals surface area contributed by atoms with Crippen LogP contribution in [0.25, 0.3) is 10.2 Å². The Balaban J connectivity index is 1.57. The summed E-state index contributed by atoms with van der Waals surface area (Å²) in [5.41, 5.74) is 0.263. The molecule has 0 atom stereocenters. The Morgan fingerprint density at radius 1 is 1.26 bits per heavy atom. The van der Waals surface area contributed by atoms with Crippen LogP contribution in [-0.4, -0.2) is 24.2 Å². The number of carbonyl (C=O) groups excluding carboxylic acids is 1. The molecule has 1 aromatic heterocycles. The van der Waals surface area contributed by atoms with Crippen LogP contribution in [0.4, 0.5) is 4.39 Å². The molecule has 4 bridgehead atoms. The van der Waals surface area contributed by atoms with Gasteiger partial charge in [0.05, 0.1) is 22.2 Å². The van der Waals surface area contributed by atoms with Crippen LogP contribution in [0.5, 0.6) is 0 Å². The van der Waals surface area contributed by atoms with Gasteiger partial charge in [-0.1, -0.05) is 17.4 Å². The maximum atomic E-state index is 14.5. The molecule has 0 N–H and O–H groups in total. The molecule has 6 rings (SSSR count). The van der Waals surface area contributed by atoms with Crippen molar-refractivity contribution < 1.29 is 13.9 Å². The molecule has 0 saturated heterocycles. The van der Waals surface area contributed by atoms with Crippen molar-refractivity contribution in [2.45, 2.75) is 45.1 Å². The van der Waals surface area contributed by atoms with Crippen molar-refractivity contribution in [3.63, 3.8) is 0 Å². The second-order valence-electron chi connectivity index (χ2n) is 8.73. The third-order valence-corrected chi connectivity index (χ3v) is 7.90. The Labute approximate surface area is 162 Å². The molecular formula is C21H25FN2O2S. The second-order valence-corrected chi connectivity index (χ2v) is 9.74. The highest BCUT2D eigenvalue weighted by Crippen LogP contribution is 2.60. The normalized spacial score (nSPS) is 32.5. The third-order valence-electron chi connectivity index (χ3n) is 6.86. The van der Waals surface area contributed by atoms with E-state index in [4.69, 9.17) is 4.74 Å². The van der Waals surface area contributed by atoms with Crippen LogP contribution in [0, 0.1) is 29.0 Å². The standard InChI is InChI=1S/C21H25FN2O2S/c1-26-6-5-24-18-16(22)3-2-4-17(18)27-20(24)23-19(25)21-10-13-7-14(11-21)9-15(8-13)12-21/h2-4,13-15H,5-12H2,1H3. The summed E-state index contributed by atoms with van der Waals surface area (Å²) in [4.78, 5) is 18.6. The van der Waals surface area contributed by atoms with Crippen LogP contribution in [-0.2, 0) is 16.1 Å². The van der Waals surface area contributed by atoms with Crippen LogP contribution < -0.4 is 4.80 Å². The number of hydrogen-bond acceptors (Lipinski definition) is 3. The molecule has 0 radical (unpaired) electrons. The molecule has 0 unspecified atom stereocenters. The summed E-state index contributed by atoms with van der Waals surface area (Å²) in [6.07, 6.45) is 6.90. The van der Waals surface area contributed by atoms with Gasteiger partial charge in [0.2, 0.25) is 0 Å². The summed E-state index contributed by atoms with van der Waals surface area (Å²) >= 11 is 1.40. The summed E-state index contributed by atoms with van der Waals surface area (Å²) < 4.78 is 22.3. The van der Waals surface area contributed by atoms with Crippen LogP contribution in [0.15, 0.2) is 23.2 Å². The number of halogens is 1. The van der Waals surface area contributed by atoms with Crippen molar-refractivity contribution in [3.05, 3.63) is 28.8 Å². The van der Waals surface area contributed by atoms with Crippen molar-refractivity contribution in [2.75, 3.05) is 13.7 Å². The predicted molar refractivity (Wildman–Crippen MR) is 103 cm³/mol. The van der Waals surface area contributed by atoms with Gasteiger partial charge >= 0.3 is 0 Å². The van der Waals surface area contributed by atoms with Gasteiger partial charge in [-0.05, 0) is 68.4 Å². The van der Waals surface area contributed by atoms with Gasteiger partial charge in [0.1, 0.15) is 5.82 Å². The molecule has 1 heterocycles. The van der Waals surface area contributed by atoms with Crippen LogP contribution in [0.2, 0.25) is 0 Å². The first-order valence-corrected chi connectivity index (χ1v) is 10.8. The zero-order valence-corrected chi connectivity index (χ0v) is 16.4. The largest absolute Gasteiger partial charge is 0.383 e. The molecule has 4 saturated carbocycles. The van der Waals surface area contributed by atoms with Gasteiger partial charge in [0, 0.05) is 13.7 Å². The Morgan fingerprint density at radius 3 is 2.56 bits per heavy atom. The Morgan fingerprint density at radius 2 is 1.93 bits per heavy atom. The van der Waals surface area contributed by atoms with E-state index in [1.165, 1.54) is 36.7 Å². The fourth-order valence-corrected chi connectivity index (χ4v) is 7.21. The number of carbonyl (C=O) groups is 1. The first-order valence-electron chi connectivity index (χ1n) is 9.94. The first-order chi connectivity index (χ1) is 13.1. The fourth-order valence-electron chi connectivity index (χ4n) is 6.14. The Bertz CT molecular complexity index is 925. The van der Waals surface area contributed by atoms with E-state index in [1.54, 1.807) is 13.2 Å². The van der Waals surface area contributed by atoms with Crippen LogP contribution >= 0.6 is 11.3 Å². The molecule has 6 heteroatoms. The summed E-state index contributed by atoms with van der Waals surface area (Å²) in [5.74, 6) is 1.87. The number of ether oxygens (including phenoxy) is 1. The Kier molecular flexibility index (Phi) is 4.24. The second kappa shape index (κ2) is 6.52. The van der Waals surface area contributed by atoms with E-state index in [2.05, 4.69) is 4.99 Å². The molecule has 1 amide bonds. The van der Waals surface area contributed by atoms with E-state index < -0.39 is 0 Å². The molecule has 27 heavy (non-hydrogen) atoms. The maximum absolute atomic E-state index is 14.5. The van der Waals surface area contributed by atoms with Gasteiger partial charge in [-0.3, -0.25) is 4.79 Å². The number of fused-ring (bicyclic) bond motifs is 1. The average Bonchev–Trinajstić information content (AvgIpc) is 2.97. The number of para-hydroxylation sites is 1. The lowest BCUT2D eigenvalue weighted by molar-refractivity contribution is -0.142. The number of benzene rings is 1. The summed E-state index contributed by atoms with van der Waals surface area (Å²) in [6, 6.07) is 5.06. The number of amides is 1. The summed E-state index contributed by atoms with van der Waals surface area (Å²) in [7, 11) is 1.63. The highest BCUT2D eigenvalue weighted by atomic mass is 32.1. The van der Waals surface area contributed by atoms with Crippen LogP contribution in [0.1, 0.15) is 38.5 Å². The highest BCUT2D eigenvalue weighted by Gasteiger charge is 2.54. The molecular weight excluding hydrogens is 363 g/mol.